The van der Waals surface area contributed by atoms with E-state index in [1.54, 1.807) is 0 Å². The Balaban J connectivity index is 2.19. The van der Waals surface area contributed by atoms with Crippen LogP contribution in [0.25, 0.3) is 0 Å². The normalized spacial score (nSPS) is 22.0. The zero-order valence-electron chi connectivity index (χ0n) is 10.1. The number of aliphatic carboxylic acids is 1. The first-order valence-corrected chi connectivity index (χ1v) is 5.43. The van der Waals surface area contributed by atoms with Crippen molar-refractivity contribution >= 4 is 5.97 Å². The third kappa shape index (κ3) is 1.44. The van der Waals surface area contributed by atoms with Crippen LogP contribution in [0.5, 0.6) is 0 Å². The lowest BCUT2D eigenvalue weighted by molar-refractivity contribution is -0.136. The second-order valence-corrected chi connectivity index (χ2v) is 5.61. The molecule has 16 heavy (non-hydrogen) atoms. The third-order valence-corrected chi connectivity index (χ3v) is 4.16. The fourth-order valence-corrected chi connectivity index (χ4v) is 2.50. The molecule has 1 aromatic heterocycles. The van der Waals surface area contributed by atoms with Gasteiger partial charge in [-0.25, -0.2) is 4.98 Å². The van der Waals surface area contributed by atoms with Crippen molar-refractivity contribution in [3.8, 4) is 0 Å². The number of oxazole rings is 1. The first-order chi connectivity index (χ1) is 7.26. The molecule has 0 aromatic carbocycles. The summed E-state index contributed by atoms with van der Waals surface area (Å²) >= 11 is 0. The molecule has 0 saturated heterocycles. The lowest BCUT2D eigenvalue weighted by atomic mass is 10.0. The maximum atomic E-state index is 10.5. The Hall–Kier alpha value is -1.32. The zero-order valence-corrected chi connectivity index (χ0v) is 10.1. The van der Waals surface area contributed by atoms with Gasteiger partial charge in [-0.15, -0.1) is 0 Å². The van der Waals surface area contributed by atoms with Crippen molar-refractivity contribution in [3.05, 3.63) is 17.8 Å². The highest BCUT2D eigenvalue weighted by Crippen LogP contribution is 2.73. The summed E-state index contributed by atoms with van der Waals surface area (Å²) in [5.41, 5.74) is 0.330. The number of carboxylic acid groups (broad SMARTS) is 1. The lowest BCUT2D eigenvalue weighted by Gasteiger charge is -2.03. The van der Waals surface area contributed by atoms with Crippen LogP contribution in [-0.2, 0) is 11.2 Å². The number of nitrogens with zero attached hydrogens (tertiary/aromatic N) is 1. The second kappa shape index (κ2) is 3.09. The molecule has 0 amide bonds. The van der Waals surface area contributed by atoms with Crippen LogP contribution in [0.1, 0.15) is 45.3 Å². The molecule has 1 saturated carbocycles. The summed E-state index contributed by atoms with van der Waals surface area (Å²) in [4.78, 5) is 14.7. The van der Waals surface area contributed by atoms with Gasteiger partial charge in [0, 0.05) is 5.92 Å². The molecule has 1 heterocycles. The van der Waals surface area contributed by atoms with E-state index < -0.39 is 5.97 Å². The minimum Gasteiger partial charge on any atom is -0.481 e. The van der Waals surface area contributed by atoms with E-state index in [0.717, 1.165) is 0 Å². The monoisotopic (exact) mass is 223 g/mol. The smallest absolute Gasteiger partial charge is 0.311 e. The molecule has 1 aromatic rings. The van der Waals surface area contributed by atoms with Crippen LogP contribution >= 0.6 is 0 Å². The SMILES string of the molecule is CC1(C)C(c2ncc(CC(=O)O)o2)C1(C)C. The van der Waals surface area contributed by atoms with E-state index in [0.29, 0.717) is 11.7 Å². The molecule has 4 nitrogen and oxygen atoms in total. The lowest BCUT2D eigenvalue weighted by Crippen LogP contribution is -1.98. The number of hydrogen-bond acceptors (Lipinski definition) is 3. The molecule has 0 spiro atoms. The van der Waals surface area contributed by atoms with E-state index in [1.165, 1.54) is 6.20 Å². The van der Waals surface area contributed by atoms with Gasteiger partial charge in [0.15, 0.2) is 5.89 Å². The van der Waals surface area contributed by atoms with Gasteiger partial charge in [0.25, 0.3) is 0 Å². The fourth-order valence-electron chi connectivity index (χ4n) is 2.50. The maximum absolute atomic E-state index is 10.5. The summed E-state index contributed by atoms with van der Waals surface area (Å²) in [6.07, 6.45) is 1.43. The number of carbonyl (C=O) groups is 1. The molecule has 0 unspecified atom stereocenters. The maximum Gasteiger partial charge on any atom is 0.311 e. The Bertz CT molecular complexity index is 417. The Morgan fingerprint density at radius 1 is 1.44 bits per heavy atom. The highest BCUT2D eigenvalue weighted by molar-refractivity contribution is 5.69. The van der Waals surface area contributed by atoms with Crippen LogP contribution in [0.2, 0.25) is 0 Å². The van der Waals surface area contributed by atoms with Gasteiger partial charge in [0.05, 0.1) is 6.20 Å². The number of carboxylic acids is 1. The minimum atomic E-state index is -0.892. The van der Waals surface area contributed by atoms with Gasteiger partial charge in [-0.05, 0) is 10.8 Å². The fraction of sp³-hybridized carbons (Fsp3) is 0.667. The molecule has 4 heteroatoms. The standard InChI is InChI=1S/C12H17NO3/c1-11(2)9(12(11,3)4)10-13-6-7(16-10)5-8(14)15/h6,9H,5H2,1-4H3,(H,14,15). The first kappa shape index (κ1) is 11.2. The summed E-state index contributed by atoms with van der Waals surface area (Å²) in [6.45, 7) is 8.72. The summed E-state index contributed by atoms with van der Waals surface area (Å²) < 4.78 is 5.50. The molecule has 0 atom stereocenters. The second-order valence-electron chi connectivity index (χ2n) is 5.61. The average Bonchev–Trinajstić information content (AvgIpc) is 2.47. The highest BCUT2D eigenvalue weighted by Gasteiger charge is 2.67. The van der Waals surface area contributed by atoms with E-state index in [-0.39, 0.29) is 23.2 Å². The Morgan fingerprint density at radius 3 is 2.44 bits per heavy atom. The summed E-state index contributed by atoms with van der Waals surface area (Å²) in [6, 6.07) is 0. The van der Waals surface area contributed by atoms with Gasteiger partial charge in [-0.1, -0.05) is 27.7 Å². The Kier molecular flexibility index (Phi) is 2.16. The van der Waals surface area contributed by atoms with Crippen LogP contribution in [0.15, 0.2) is 10.6 Å². The van der Waals surface area contributed by atoms with E-state index in [9.17, 15) is 4.79 Å². The van der Waals surface area contributed by atoms with Crippen LogP contribution in [0.3, 0.4) is 0 Å². The van der Waals surface area contributed by atoms with E-state index >= 15 is 0 Å². The van der Waals surface area contributed by atoms with Crippen LogP contribution in [0, 0.1) is 10.8 Å². The molecular weight excluding hydrogens is 206 g/mol. The molecule has 2 rings (SSSR count). The number of aromatic nitrogens is 1. The third-order valence-electron chi connectivity index (χ3n) is 4.16. The van der Waals surface area contributed by atoms with Crippen molar-refractivity contribution in [2.75, 3.05) is 0 Å². The van der Waals surface area contributed by atoms with Gasteiger partial charge in [0.1, 0.15) is 12.2 Å². The first-order valence-electron chi connectivity index (χ1n) is 5.43. The predicted octanol–water partition coefficient (Wildman–Crippen LogP) is 2.45. The summed E-state index contributed by atoms with van der Waals surface area (Å²) in [5.74, 6) is 0.492. The van der Waals surface area contributed by atoms with Gasteiger partial charge < -0.3 is 9.52 Å². The number of hydrogen-bond donors (Lipinski definition) is 1. The largest absolute Gasteiger partial charge is 0.481 e. The highest BCUT2D eigenvalue weighted by atomic mass is 16.4. The Labute approximate surface area is 94.7 Å². The molecule has 1 fully saturated rings. The molecule has 0 aliphatic heterocycles. The van der Waals surface area contributed by atoms with Gasteiger partial charge in [0.2, 0.25) is 0 Å². The van der Waals surface area contributed by atoms with Crippen molar-refractivity contribution in [2.45, 2.75) is 40.0 Å². The summed E-state index contributed by atoms with van der Waals surface area (Å²) in [5, 5.41) is 8.65. The molecular formula is C12H17NO3. The quantitative estimate of drug-likeness (QED) is 0.854. The average molecular weight is 223 g/mol. The molecule has 0 bridgehead atoms. The molecule has 1 aliphatic carbocycles. The van der Waals surface area contributed by atoms with Crippen molar-refractivity contribution in [1.29, 1.82) is 0 Å². The van der Waals surface area contributed by atoms with E-state index in [1.807, 2.05) is 0 Å². The van der Waals surface area contributed by atoms with Crippen LogP contribution in [0.4, 0.5) is 0 Å². The molecule has 1 N–H and O–H groups in total. The van der Waals surface area contributed by atoms with Gasteiger partial charge >= 0.3 is 5.97 Å². The molecule has 88 valence electrons. The van der Waals surface area contributed by atoms with Gasteiger partial charge in [-0.2, -0.15) is 0 Å². The van der Waals surface area contributed by atoms with Gasteiger partial charge in [-0.3, -0.25) is 4.79 Å². The Morgan fingerprint density at radius 2 is 2.00 bits per heavy atom. The zero-order chi connectivity index (χ0) is 12.1. The number of rotatable bonds is 3. The van der Waals surface area contributed by atoms with Crippen molar-refractivity contribution in [2.24, 2.45) is 10.8 Å². The van der Waals surface area contributed by atoms with Crippen molar-refractivity contribution in [1.82, 2.24) is 4.98 Å². The van der Waals surface area contributed by atoms with Crippen molar-refractivity contribution in [3.63, 3.8) is 0 Å². The minimum absolute atomic E-state index is 0.0966. The summed E-state index contributed by atoms with van der Waals surface area (Å²) in [7, 11) is 0. The van der Waals surface area contributed by atoms with Crippen LogP contribution in [-0.4, -0.2) is 16.1 Å². The predicted molar refractivity (Wildman–Crippen MR) is 58.1 cm³/mol. The van der Waals surface area contributed by atoms with E-state index in [4.69, 9.17) is 9.52 Å². The van der Waals surface area contributed by atoms with Crippen LogP contribution < -0.4 is 0 Å². The topological polar surface area (TPSA) is 63.3 Å². The molecule has 1 aliphatic rings. The van der Waals surface area contributed by atoms with E-state index in [2.05, 4.69) is 32.7 Å². The van der Waals surface area contributed by atoms with Crippen molar-refractivity contribution < 1.29 is 14.3 Å². The molecule has 0 radical (unpaired) electrons.